The molecule has 1 heterocycles. The topological polar surface area (TPSA) is 44.5 Å². The minimum atomic E-state index is 0.0362. The molecule has 3 heteroatoms. The monoisotopic (exact) mass is 235 g/mol. The Morgan fingerprint density at radius 2 is 1.94 bits per heavy atom. The molecule has 2 rings (SSSR count). The summed E-state index contributed by atoms with van der Waals surface area (Å²) >= 11 is 0. The van der Waals surface area contributed by atoms with E-state index in [2.05, 4.69) is 13.8 Å². The number of hydrogen-bond donors (Lipinski definition) is 1. The fourth-order valence-electron chi connectivity index (χ4n) is 2.06. The summed E-state index contributed by atoms with van der Waals surface area (Å²) < 4.78 is 11.2. The van der Waals surface area contributed by atoms with Crippen molar-refractivity contribution in [2.24, 2.45) is 11.7 Å². The van der Waals surface area contributed by atoms with Crippen LogP contribution in [0.3, 0.4) is 0 Å². The van der Waals surface area contributed by atoms with Gasteiger partial charge in [-0.25, -0.2) is 0 Å². The average Bonchev–Trinajstić information content (AvgIpc) is 2.35. The Hall–Kier alpha value is -1.22. The molecular weight excluding hydrogens is 214 g/mol. The summed E-state index contributed by atoms with van der Waals surface area (Å²) in [5.74, 6) is 2.35. The van der Waals surface area contributed by atoms with Crippen molar-refractivity contribution < 1.29 is 9.47 Å². The molecule has 1 atom stereocenters. The number of nitrogens with two attached hydrogens (primary N) is 1. The van der Waals surface area contributed by atoms with Gasteiger partial charge in [-0.2, -0.15) is 0 Å². The standard InChI is InChI=1S/C14H21NO2/c1-10(2)6-7-12(15)11-4-3-5-13-14(11)17-9-8-16-13/h3-5,10,12H,6-9,15H2,1-2H3. The SMILES string of the molecule is CC(C)CCC(N)c1cccc2c1OCCO2. The third-order valence-corrected chi connectivity index (χ3v) is 3.05. The van der Waals surface area contributed by atoms with Gasteiger partial charge in [0.05, 0.1) is 0 Å². The number of ether oxygens (including phenoxy) is 2. The molecule has 0 spiro atoms. The van der Waals surface area contributed by atoms with Gasteiger partial charge in [0, 0.05) is 11.6 Å². The zero-order valence-electron chi connectivity index (χ0n) is 10.6. The van der Waals surface area contributed by atoms with E-state index < -0.39 is 0 Å². The fourth-order valence-corrected chi connectivity index (χ4v) is 2.06. The molecular formula is C14H21NO2. The minimum absolute atomic E-state index is 0.0362. The van der Waals surface area contributed by atoms with E-state index in [9.17, 15) is 0 Å². The summed E-state index contributed by atoms with van der Waals surface area (Å²) in [5.41, 5.74) is 7.30. The summed E-state index contributed by atoms with van der Waals surface area (Å²) in [5, 5.41) is 0. The smallest absolute Gasteiger partial charge is 0.166 e. The molecule has 1 aromatic carbocycles. The lowest BCUT2D eigenvalue weighted by Crippen LogP contribution is -2.19. The quantitative estimate of drug-likeness (QED) is 0.872. The first-order valence-electron chi connectivity index (χ1n) is 6.32. The minimum Gasteiger partial charge on any atom is -0.486 e. The van der Waals surface area contributed by atoms with Crippen LogP contribution in [0.25, 0.3) is 0 Å². The van der Waals surface area contributed by atoms with Gasteiger partial charge >= 0.3 is 0 Å². The first-order chi connectivity index (χ1) is 8.18. The molecule has 0 saturated heterocycles. The maximum absolute atomic E-state index is 6.23. The molecule has 1 unspecified atom stereocenters. The summed E-state index contributed by atoms with van der Waals surface area (Å²) in [6.45, 7) is 5.66. The van der Waals surface area contributed by atoms with Crippen LogP contribution in [-0.2, 0) is 0 Å². The van der Waals surface area contributed by atoms with Gasteiger partial charge in [-0.15, -0.1) is 0 Å². The van der Waals surface area contributed by atoms with Gasteiger partial charge < -0.3 is 15.2 Å². The van der Waals surface area contributed by atoms with Crippen LogP contribution in [0.1, 0.15) is 38.3 Å². The van der Waals surface area contributed by atoms with Crippen LogP contribution >= 0.6 is 0 Å². The van der Waals surface area contributed by atoms with Crippen LogP contribution in [0.4, 0.5) is 0 Å². The van der Waals surface area contributed by atoms with Crippen molar-refractivity contribution in [3.63, 3.8) is 0 Å². The molecule has 0 radical (unpaired) electrons. The lowest BCUT2D eigenvalue weighted by molar-refractivity contribution is 0.169. The number of rotatable bonds is 4. The number of hydrogen-bond acceptors (Lipinski definition) is 3. The normalized spacial score (nSPS) is 16.0. The average molecular weight is 235 g/mol. The van der Waals surface area contributed by atoms with Crippen LogP contribution in [0.5, 0.6) is 11.5 Å². The zero-order valence-corrected chi connectivity index (χ0v) is 10.6. The van der Waals surface area contributed by atoms with Gasteiger partial charge in [0.1, 0.15) is 13.2 Å². The van der Waals surface area contributed by atoms with E-state index in [4.69, 9.17) is 15.2 Å². The zero-order chi connectivity index (χ0) is 12.3. The second-order valence-electron chi connectivity index (χ2n) is 4.95. The first-order valence-corrected chi connectivity index (χ1v) is 6.32. The molecule has 0 aromatic heterocycles. The predicted molar refractivity (Wildman–Crippen MR) is 68.4 cm³/mol. The van der Waals surface area contributed by atoms with Crippen molar-refractivity contribution in [3.05, 3.63) is 23.8 Å². The second kappa shape index (κ2) is 5.41. The van der Waals surface area contributed by atoms with Crippen LogP contribution in [0, 0.1) is 5.92 Å². The molecule has 0 fully saturated rings. The summed E-state index contributed by atoms with van der Waals surface area (Å²) in [7, 11) is 0. The number of fused-ring (bicyclic) bond motifs is 1. The highest BCUT2D eigenvalue weighted by Crippen LogP contribution is 2.37. The van der Waals surface area contributed by atoms with Gasteiger partial charge in [0.2, 0.25) is 0 Å². The van der Waals surface area contributed by atoms with E-state index in [0.29, 0.717) is 19.1 Å². The van der Waals surface area contributed by atoms with E-state index in [1.807, 2.05) is 18.2 Å². The van der Waals surface area contributed by atoms with Crippen LogP contribution in [-0.4, -0.2) is 13.2 Å². The van der Waals surface area contributed by atoms with Gasteiger partial charge in [-0.1, -0.05) is 26.0 Å². The molecule has 3 nitrogen and oxygen atoms in total. The molecule has 1 aromatic rings. The lowest BCUT2D eigenvalue weighted by Gasteiger charge is -2.23. The van der Waals surface area contributed by atoms with Gasteiger partial charge in [-0.05, 0) is 24.8 Å². The highest BCUT2D eigenvalue weighted by molar-refractivity contribution is 5.48. The van der Waals surface area contributed by atoms with Crippen LogP contribution < -0.4 is 15.2 Å². The molecule has 0 saturated carbocycles. The van der Waals surface area contributed by atoms with Crippen LogP contribution in [0.2, 0.25) is 0 Å². The number of benzene rings is 1. The van der Waals surface area contributed by atoms with E-state index in [1.54, 1.807) is 0 Å². The Labute approximate surface area is 103 Å². The van der Waals surface area contributed by atoms with E-state index in [1.165, 1.54) is 0 Å². The molecule has 2 N–H and O–H groups in total. The Morgan fingerprint density at radius 1 is 1.18 bits per heavy atom. The molecule has 0 aliphatic carbocycles. The number of para-hydroxylation sites is 1. The highest BCUT2D eigenvalue weighted by atomic mass is 16.6. The van der Waals surface area contributed by atoms with E-state index >= 15 is 0 Å². The summed E-state index contributed by atoms with van der Waals surface area (Å²) in [4.78, 5) is 0. The Morgan fingerprint density at radius 3 is 2.71 bits per heavy atom. The molecule has 17 heavy (non-hydrogen) atoms. The molecule has 0 amide bonds. The van der Waals surface area contributed by atoms with Gasteiger partial charge in [0.25, 0.3) is 0 Å². The van der Waals surface area contributed by atoms with Crippen molar-refractivity contribution in [2.75, 3.05) is 13.2 Å². The van der Waals surface area contributed by atoms with Crippen molar-refractivity contribution in [1.29, 1.82) is 0 Å². The van der Waals surface area contributed by atoms with Crippen molar-refractivity contribution in [2.45, 2.75) is 32.7 Å². The summed E-state index contributed by atoms with van der Waals surface area (Å²) in [6.07, 6.45) is 2.11. The maximum Gasteiger partial charge on any atom is 0.166 e. The van der Waals surface area contributed by atoms with E-state index in [0.717, 1.165) is 29.9 Å². The maximum atomic E-state index is 6.23. The molecule has 94 valence electrons. The first kappa shape index (κ1) is 12.2. The van der Waals surface area contributed by atoms with Crippen LogP contribution in [0.15, 0.2) is 18.2 Å². The predicted octanol–water partition coefficient (Wildman–Crippen LogP) is 2.89. The van der Waals surface area contributed by atoms with Crippen molar-refractivity contribution >= 4 is 0 Å². The van der Waals surface area contributed by atoms with E-state index in [-0.39, 0.29) is 6.04 Å². The fraction of sp³-hybridized carbons (Fsp3) is 0.571. The lowest BCUT2D eigenvalue weighted by atomic mass is 9.97. The highest BCUT2D eigenvalue weighted by Gasteiger charge is 2.19. The van der Waals surface area contributed by atoms with Crippen molar-refractivity contribution in [3.8, 4) is 11.5 Å². The molecule has 1 aliphatic heterocycles. The third kappa shape index (κ3) is 2.91. The second-order valence-corrected chi connectivity index (χ2v) is 4.95. The Bertz CT molecular complexity index is 376. The third-order valence-electron chi connectivity index (χ3n) is 3.05. The van der Waals surface area contributed by atoms with Crippen molar-refractivity contribution in [1.82, 2.24) is 0 Å². The Balaban J connectivity index is 2.14. The molecule has 1 aliphatic rings. The van der Waals surface area contributed by atoms with Gasteiger partial charge in [0.15, 0.2) is 11.5 Å². The Kier molecular flexibility index (Phi) is 3.89. The summed E-state index contributed by atoms with van der Waals surface area (Å²) in [6, 6.07) is 6.00. The molecule has 0 bridgehead atoms. The van der Waals surface area contributed by atoms with Gasteiger partial charge in [-0.3, -0.25) is 0 Å². The largest absolute Gasteiger partial charge is 0.486 e.